The van der Waals surface area contributed by atoms with Gasteiger partial charge in [0.25, 0.3) is 0 Å². The molecule has 1 aromatic rings. The number of nitrogens with zero attached hydrogens (tertiary/aromatic N) is 1. The van der Waals surface area contributed by atoms with Crippen molar-refractivity contribution in [2.75, 3.05) is 7.05 Å². The Morgan fingerprint density at radius 1 is 1.44 bits per heavy atom. The molecule has 1 rings (SSSR count). The summed E-state index contributed by atoms with van der Waals surface area (Å²) >= 11 is 0. The Balaban J connectivity index is 2.54. The van der Waals surface area contributed by atoms with E-state index in [0.29, 0.717) is 6.54 Å². The molecule has 3 nitrogen and oxygen atoms in total. The number of carbonyl (C=O) groups is 1. The lowest BCUT2D eigenvalue weighted by Crippen LogP contribution is -2.41. The highest BCUT2D eigenvalue weighted by molar-refractivity contribution is 5.81. The van der Waals surface area contributed by atoms with Gasteiger partial charge < -0.3 is 10.6 Å². The third-order valence-electron chi connectivity index (χ3n) is 3.06. The van der Waals surface area contributed by atoms with E-state index in [9.17, 15) is 4.79 Å². The second-order valence-electron chi connectivity index (χ2n) is 4.93. The van der Waals surface area contributed by atoms with E-state index in [1.54, 1.807) is 4.90 Å². The molecule has 0 bridgehead atoms. The van der Waals surface area contributed by atoms with Crippen molar-refractivity contribution in [2.24, 2.45) is 5.73 Å². The van der Waals surface area contributed by atoms with Crippen molar-refractivity contribution in [3.8, 4) is 0 Å². The number of nitrogens with two attached hydrogens (primary N) is 1. The fourth-order valence-electron chi connectivity index (χ4n) is 1.99. The maximum absolute atomic E-state index is 12.0. The minimum atomic E-state index is -0.361. The Kier molecular flexibility index (Phi) is 5.86. The summed E-state index contributed by atoms with van der Waals surface area (Å²) in [6, 6.07) is 7.84. The monoisotopic (exact) mass is 248 g/mol. The number of hydrogen-bond acceptors (Lipinski definition) is 2. The number of unbranched alkanes of at least 4 members (excludes halogenated alkanes) is 1. The van der Waals surface area contributed by atoms with Gasteiger partial charge in [0, 0.05) is 13.6 Å². The molecular weight excluding hydrogens is 224 g/mol. The fraction of sp³-hybridized carbons (Fsp3) is 0.533. The zero-order valence-corrected chi connectivity index (χ0v) is 11.6. The third kappa shape index (κ3) is 4.49. The average molecular weight is 248 g/mol. The topological polar surface area (TPSA) is 46.3 Å². The Bertz CT molecular complexity index is 390. The van der Waals surface area contributed by atoms with E-state index >= 15 is 0 Å². The van der Waals surface area contributed by atoms with Gasteiger partial charge in [0.15, 0.2) is 0 Å². The van der Waals surface area contributed by atoms with Gasteiger partial charge in [0.2, 0.25) is 5.91 Å². The molecule has 2 N–H and O–H groups in total. The van der Waals surface area contributed by atoms with Gasteiger partial charge in [-0.15, -0.1) is 0 Å². The molecule has 0 aromatic heterocycles. The highest BCUT2D eigenvalue weighted by atomic mass is 16.2. The van der Waals surface area contributed by atoms with Gasteiger partial charge in [-0.05, 0) is 18.9 Å². The molecule has 0 aliphatic carbocycles. The quantitative estimate of drug-likeness (QED) is 0.840. The maximum atomic E-state index is 12.0. The molecule has 1 amide bonds. The van der Waals surface area contributed by atoms with Gasteiger partial charge in [0.05, 0.1) is 6.04 Å². The first-order valence-electron chi connectivity index (χ1n) is 6.60. The van der Waals surface area contributed by atoms with Crippen LogP contribution in [-0.4, -0.2) is 23.9 Å². The predicted molar refractivity (Wildman–Crippen MR) is 75.2 cm³/mol. The van der Waals surface area contributed by atoms with E-state index in [1.165, 1.54) is 5.56 Å². The van der Waals surface area contributed by atoms with Crippen LogP contribution < -0.4 is 5.73 Å². The third-order valence-corrected chi connectivity index (χ3v) is 3.06. The zero-order valence-electron chi connectivity index (χ0n) is 11.6. The predicted octanol–water partition coefficient (Wildman–Crippen LogP) is 2.47. The van der Waals surface area contributed by atoms with Crippen LogP contribution in [0.5, 0.6) is 0 Å². The summed E-state index contributed by atoms with van der Waals surface area (Å²) in [4.78, 5) is 13.8. The second kappa shape index (κ2) is 7.17. The molecule has 1 atom stereocenters. The number of benzene rings is 1. The largest absolute Gasteiger partial charge is 0.340 e. The summed E-state index contributed by atoms with van der Waals surface area (Å²) in [5.41, 5.74) is 8.26. The molecule has 3 heteroatoms. The molecule has 0 saturated heterocycles. The number of aryl methyl sites for hydroxylation is 1. The minimum Gasteiger partial charge on any atom is -0.340 e. The maximum Gasteiger partial charge on any atom is 0.239 e. The summed E-state index contributed by atoms with van der Waals surface area (Å²) in [6.07, 6.45) is 2.85. The van der Waals surface area contributed by atoms with Crippen molar-refractivity contribution in [3.63, 3.8) is 0 Å². The highest BCUT2D eigenvalue weighted by Crippen LogP contribution is 2.08. The van der Waals surface area contributed by atoms with Gasteiger partial charge in [-0.2, -0.15) is 0 Å². The van der Waals surface area contributed by atoms with E-state index in [1.807, 2.05) is 19.2 Å². The molecule has 0 spiro atoms. The van der Waals surface area contributed by atoms with Gasteiger partial charge in [-0.25, -0.2) is 0 Å². The first-order chi connectivity index (χ1) is 8.54. The number of amides is 1. The van der Waals surface area contributed by atoms with Crippen LogP contribution in [0.25, 0.3) is 0 Å². The Hall–Kier alpha value is -1.35. The lowest BCUT2D eigenvalue weighted by molar-refractivity contribution is -0.132. The van der Waals surface area contributed by atoms with Crippen LogP contribution in [0.1, 0.15) is 37.3 Å². The fourth-order valence-corrected chi connectivity index (χ4v) is 1.99. The van der Waals surface area contributed by atoms with E-state index in [-0.39, 0.29) is 11.9 Å². The van der Waals surface area contributed by atoms with E-state index < -0.39 is 0 Å². The summed E-state index contributed by atoms with van der Waals surface area (Å²) in [5.74, 6) is 0.0324. The smallest absolute Gasteiger partial charge is 0.239 e. The van der Waals surface area contributed by atoms with Gasteiger partial charge in [-0.1, -0.05) is 49.6 Å². The lowest BCUT2D eigenvalue weighted by Gasteiger charge is -2.21. The molecular formula is C15H24N2O. The molecule has 0 fully saturated rings. The minimum absolute atomic E-state index is 0.0324. The number of carbonyl (C=O) groups excluding carboxylic acids is 1. The normalized spacial score (nSPS) is 12.2. The molecule has 0 aliphatic heterocycles. The average Bonchev–Trinajstić information content (AvgIpc) is 2.35. The van der Waals surface area contributed by atoms with Gasteiger partial charge in [-0.3, -0.25) is 4.79 Å². The van der Waals surface area contributed by atoms with Crippen LogP contribution in [0.2, 0.25) is 0 Å². The van der Waals surface area contributed by atoms with Gasteiger partial charge in [0.1, 0.15) is 0 Å². The molecule has 1 aromatic carbocycles. The van der Waals surface area contributed by atoms with Crippen LogP contribution in [0, 0.1) is 6.92 Å². The molecule has 1 unspecified atom stereocenters. The van der Waals surface area contributed by atoms with E-state index in [0.717, 1.165) is 24.8 Å². The lowest BCUT2D eigenvalue weighted by atomic mass is 10.1. The van der Waals surface area contributed by atoms with Crippen molar-refractivity contribution in [3.05, 3.63) is 35.4 Å². The molecule has 0 heterocycles. The summed E-state index contributed by atoms with van der Waals surface area (Å²) in [6.45, 7) is 4.78. The van der Waals surface area contributed by atoms with E-state index in [4.69, 9.17) is 5.73 Å². The van der Waals surface area contributed by atoms with Crippen LogP contribution >= 0.6 is 0 Å². The molecule has 0 aliphatic rings. The van der Waals surface area contributed by atoms with Crippen molar-refractivity contribution in [1.29, 1.82) is 0 Å². The number of hydrogen-bond donors (Lipinski definition) is 1. The number of likely N-dealkylation sites (N-methyl/N-ethyl adjacent to an activating group) is 1. The molecule has 100 valence electrons. The molecule has 18 heavy (non-hydrogen) atoms. The van der Waals surface area contributed by atoms with Crippen molar-refractivity contribution in [2.45, 2.75) is 45.7 Å². The zero-order chi connectivity index (χ0) is 13.5. The Morgan fingerprint density at radius 3 is 2.78 bits per heavy atom. The Morgan fingerprint density at radius 2 is 2.17 bits per heavy atom. The van der Waals surface area contributed by atoms with Crippen LogP contribution in [0.15, 0.2) is 24.3 Å². The van der Waals surface area contributed by atoms with Crippen LogP contribution in [0.3, 0.4) is 0 Å². The first-order valence-corrected chi connectivity index (χ1v) is 6.60. The Labute approximate surface area is 110 Å². The summed E-state index contributed by atoms with van der Waals surface area (Å²) in [5, 5.41) is 0. The molecule has 0 saturated carbocycles. The summed E-state index contributed by atoms with van der Waals surface area (Å²) in [7, 11) is 1.82. The van der Waals surface area contributed by atoms with Gasteiger partial charge >= 0.3 is 0 Å². The summed E-state index contributed by atoms with van der Waals surface area (Å²) < 4.78 is 0. The standard InChI is InChI=1S/C15H24N2O/c1-4-5-9-14(16)15(18)17(3)11-13-8-6-7-12(2)10-13/h6-8,10,14H,4-5,9,11,16H2,1-3H3. The SMILES string of the molecule is CCCCC(N)C(=O)N(C)Cc1cccc(C)c1. The first kappa shape index (κ1) is 14.7. The second-order valence-corrected chi connectivity index (χ2v) is 4.93. The van der Waals surface area contributed by atoms with Crippen LogP contribution in [0.4, 0.5) is 0 Å². The highest BCUT2D eigenvalue weighted by Gasteiger charge is 2.17. The van der Waals surface area contributed by atoms with Crippen molar-refractivity contribution in [1.82, 2.24) is 4.90 Å². The van der Waals surface area contributed by atoms with E-state index in [2.05, 4.69) is 26.0 Å². The number of rotatable bonds is 6. The van der Waals surface area contributed by atoms with Crippen LogP contribution in [-0.2, 0) is 11.3 Å². The van der Waals surface area contributed by atoms with Crippen molar-refractivity contribution >= 4 is 5.91 Å². The van der Waals surface area contributed by atoms with Crippen molar-refractivity contribution < 1.29 is 4.79 Å². The molecule has 0 radical (unpaired) electrons.